The van der Waals surface area contributed by atoms with Crippen molar-refractivity contribution >= 4 is 22.7 Å². The number of rotatable bonds is 3. The molecule has 4 heterocycles. The molecule has 2 amide bonds. The summed E-state index contributed by atoms with van der Waals surface area (Å²) in [7, 11) is 0. The van der Waals surface area contributed by atoms with E-state index in [1.54, 1.807) is 29.4 Å². The van der Waals surface area contributed by atoms with Gasteiger partial charge in [0.2, 0.25) is 5.91 Å². The van der Waals surface area contributed by atoms with Crippen LogP contribution in [0.1, 0.15) is 42.6 Å². The van der Waals surface area contributed by atoms with Crippen molar-refractivity contribution in [3.8, 4) is 0 Å². The summed E-state index contributed by atoms with van der Waals surface area (Å²) < 4.78 is 0. The summed E-state index contributed by atoms with van der Waals surface area (Å²) >= 11 is 0. The molecular weight excluding hydrogens is 368 g/mol. The lowest BCUT2D eigenvalue weighted by Gasteiger charge is -2.48. The molecule has 1 saturated carbocycles. The lowest BCUT2D eigenvalue weighted by atomic mass is 9.70. The number of aliphatic hydroxyl groups excluding tert-OH is 1. The zero-order valence-electron chi connectivity index (χ0n) is 16.5. The number of carbonyl (C=O) groups excluding carboxylic acids is 2. The predicted octanol–water partition coefficient (Wildman–Crippen LogP) is 1.86. The number of aliphatic hydroxyl groups is 1. The number of hydrogen-bond donors (Lipinski definition) is 1. The van der Waals surface area contributed by atoms with E-state index in [1.807, 2.05) is 11.0 Å². The van der Waals surface area contributed by atoms with E-state index in [0.29, 0.717) is 50.5 Å². The average Bonchev–Trinajstić information content (AvgIpc) is 3.55. The number of aromatic nitrogens is 2. The van der Waals surface area contributed by atoms with Crippen LogP contribution in [0, 0.1) is 11.3 Å². The fourth-order valence-electron chi connectivity index (χ4n) is 4.85. The molecule has 2 aliphatic heterocycles. The molecule has 5 rings (SSSR count). The van der Waals surface area contributed by atoms with E-state index in [9.17, 15) is 14.7 Å². The number of amides is 2. The van der Waals surface area contributed by atoms with Crippen molar-refractivity contribution in [1.82, 2.24) is 19.8 Å². The summed E-state index contributed by atoms with van der Waals surface area (Å²) in [6, 6.07) is 5.40. The van der Waals surface area contributed by atoms with Crippen molar-refractivity contribution < 1.29 is 14.7 Å². The first-order valence-electron chi connectivity index (χ1n) is 10.5. The van der Waals surface area contributed by atoms with Gasteiger partial charge in [0.25, 0.3) is 5.91 Å². The van der Waals surface area contributed by atoms with Gasteiger partial charge in [-0.1, -0.05) is 0 Å². The number of pyridine rings is 2. The van der Waals surface area contributed by atoms with Gasteiger partial charge in [-0.2, -0.15) is 0 Å². The van der Waals surface area contributed by atoms with Gasteiger partial charge in [0.1, 0.15) is 5.69 Å². The van der Waals surface area contributed by atoms with Gasteiger partial charge in [-0.15, -0.1) is 0 Å². The van der Waals surface area contributed by atoms with Crippen LogP contribution in [0.3, 0.4) is 0 Å². The van der Waals surface area contributed by atoms with Gasteiger partial charge in [-0.05, 0) is 56.2 Å². The second kappa shape index (κ2) is 7.06. The molecule has 7 heteroatoms. The summed E-state index contributed by atoms with van der Waals surface area (Å²) in [6.07, 6.45) is 7.02. The molecule has 0 radical (unpaired) electrons. The first kappa shape index (κ1) is 18.5. The minimum absolute atomic E-state index is 0.0998. The second-order valence-corrected chi connectivity index (χ2v) is 8.85. The van der Waals surface area contributed by atoms with Gasteiger partial charge in [0.05, 0.1) is 17.0 Å². The fraction of sp³-hybridized carbons (Fsp3) is 0.545. The number of piperidine rings is 2. The molecule has 7 nitrogen and oxygen atoms in total. The van der Waals surface area contributed by atoms with E-state index < -0.39 is 11.5 Å². The molecule has 3 fully saturated rings. The van der Waals surface area contributed by atoms with E-state index in [4.69, 9.17) is 0 Å². The minimum Gasteiger partial charge on any atom is -0.391 e. The van der Waals surface area contributed by atoms with Crippen molar-refractivity contribution in [1.29, 1.82) is 0 Å². The highest BCUT2D eigenvalue weighted by Crippen LogP contribution is 2.42. The molecule has 0 aromatic carbocycles. The zero-order valence-corrected chi connectivity index (χ0v) is 16.5. The third kappa shape index (κ3) is 3.48. The molecule has 1 atom stereocenters. The van der Waals surface area contributed by atoms with Gasteiger partial charge in [-0.3, -0.25) is 14.6 Å². The Hall–Kier alpha value is -2.54. The maximum atomic E-state index is 13.2. The van der Waals surface area contributed by atoms with Crippen molar-refractivity contribution in [2.45, 2.75) is 38.2 Å². The van der Waals surface area contributed by atoms with Crippen molar-refractivity contribution in [3.63, 3.8) is 0 Å². The Morgan fingerprint density at radius 2 is 2.00 bits per heavy atom. The SMILES string of the molecule is O=C(c1ccc2cnccc2n1)N1CCC2(CC1)CC(O)CN(CC1CC1)C2=O. The van der Waals surface area contributed by atoms with Crippen LogP contribution in [0.5, 0.6) is 0 Å². The standard InChI is InChI=1S/C22H26N4O3/c27-17-11-22(21(29)26(14-17)13-15-1-2-15)6-9-25(10-7-22)20(28)19-4-3-16-12-23-8-5-18(16)24-19/h3-5,8,12,15,17,27H,1-2,6-7,9-11,13-14H2. The Labute approximate surface area is 169 Å². The molecule has 29 heavy (non-hydrogen) atoms. The van der Waals surface area contributed by atoms with E-state index in [1.165, 1.54) is 12.8 Å². The maximum absolute atomic E-state index is 13.2. The van der Waals surface area contributed by atoms with Crippen molar-refractivity contribution in [3.05, 3.63) is 36.3 Å². The van der Waals surface area contributed by atoms with Gasteiger partial charge in [0, 0.05) is 44.0 Å². The lowest BCUT2D eigenvalue weighted by molar-refractivity contribution is -0.156. The zero-order chi connectivity index (χ0) is 20.0. The first-order chi connectivity index (χ1) is 14.0. The summed E-state index contributed by atoms with van der Waals surface area (Å²) in [5, 5.41) is 11.3. The monoisotopic (exact) mass is 394 g/mol. The molecule has 0 bridgehead atoms. The van der Waals surface area contributed by atoms with E-state index in [2.05, 4.69) is 9.97 Å². The second-order valence-electron chi connectivity index (χ2n) is 8.85. The molecule has 152 valence electrons. The van der Waals surface area contributed by atoms with Crippen LogP contribution >= 0.6 is 0 Å². The molecule has 2 aromatic heterocycles. The number of nitrogens with zero attached hydrogens (tertiary/aromatic N) is 4. The van der Waals surface area contributed by atoms with Gasteiger partial charge >= 0.3 is 0 Å². The topological polar surface area (TPSA) is 86.6 Å². The van der Waals surface area contributed by atoms with Crippen molar-refractivity contribution in [2.75, 3.05) is 26.2 Å². The van der Waals surface area contributed by atoms with Crippen LogP contribution in [0.15, 0.2) is 30.6 Å². The molecule has 2 aromatic rings. The molecule has 1 N–H and O–H groups in total. The number of likely N-dealkylation sites (tertiary alicyclic amines) is 2. The Morgan fingerprint density at radius 3 is 2.76 bits per heavy atom. The number of fused-ring (bicyclic) bond motifs is 1. The van der Waals surface area contributed by atoms with E-state index in [0.717, 1.165) is 17.4 Å². The predicted molar refractivity (Wildman–Crippen MR) is 107 cm³/mol. The number of hydrogen-bond acceptors (Lipinski definition) is 5. The Morgan fingerprint density at radius 1 is 1.21 bits per heavy atom. The minimum atomic E-state index is -0.522. The quantitative estimate of drug-likeness (QED) is 0.859. The number of β-amino-alcohol motifs (C(OH)–C–C–N with tert-alkyl or cyclic N) is 1. The molecule has 1 spiro atoms. The Kier molecular flexibility index (Phi) is 4.50. The molecular formula is C22H26N4O3. The Bertz CT molecular complexity index is 948. The van der Waals surface area contributed by atoms with Gasteiger partial charge < -0.3 is 14.9 Å². The Balaban J connectivity index is 1.29. The first-order valence-corrected chi connectivity index (χ1v) is 10.5. The third-order valence-electron chi connectivity index (χ3n) is 6.69. The summed E-state index contributed by atoms with van der Waals surface area (Å²) in [5.74, 6) is 0.687. The number of carbonyl (C=O) groups is 2. The van der Waals surface area contributed by atoms with Crippen LogP contribution in [0.4, 0.5) is 0 Å². The largest absolute Gasteiger partial charge is 0.391 e. The third-order valence-corrected chi connectivity index (χ3v) is 6.69. The maximum Gasteiger partial charge on any atom is 0.272 e. The highest BCUT2D eigenvalue weighted by Gasteiger charge is 2.49. The summed E-state index contributed by atoms with van der Waals surface area (Å²) in [4.78, 5) is 38.4. The lowest BCUT2D eigenvalue weighted by Crippen LogP contribution is -2.58. The van der Waals surface area contributed by atoms with Gasteiger partial charge in [-0.25, -0.2) is 4.98 Å². The molecule has 3 aliphatic rings. The highest BCUT2D eigenvalue weighted by molar-refractivity contribution is 5.95. The van der Waals surface area contributed by atoms with Gasteiger partial charge in [0.15, 0.2) is 0 Å². The fourth-order valence-corrected chi connectivity index (χ4v) is 4.85. The molecule has 1 unspecified atom stereocenters. The van der Waals surface area contributed by atoms with E-state index >= 15 is 0 Å². The summed E-state index contributed by atoms with van der Waals surface area (Å²) in [6.45, 7) is 2.26. The van der Waals surface area contributed by atoms with Crippen LogP contribution in [-0.4, -0.2) is 69.0 Å². The molecule has 2 saturated heterocycles. The molecule has 1 aliphatic carbocycles. The highest BCUT2D eigenvalue weighted by atomic mass is 16.3. The van der Waals surface area contributed by atoms with E-state index in [-0.39, 0.29) is 11.8 Å². The van der Waals surface area contributed by atoms with Crippen molar-refractivity contribution in [2.24, 2.45) is 11.3 Å². The van der Waals surface area contributed by atoms with Crippen LogP contribution < -0.4 is 0 Å². The van der Waals surface area contributed by atoms with Crippen LogP contribution in [-0.2, 0) is 4.79 Å². The van der Waals surface area contributed by atoms with Crippen LogP contribution in [0.2, 0.25) is 0 Å². The average molecular weight is 394 g/mol. The normalized spacial score (nSPS) is 24.3. The smallest absolute Gasteiger partial charge is 0.272 e. The summed E-state index contributed by atoms with van der Waals surface area (Å²) in [5.41, 5.74) is 0.650. The van der Waals surface area contributed by atoms with Crippen LogP contribution in [0.25, 0.3) is 10.9 Å².